The summed E-state index contributed by atoms with van der Waals surface area (Å²) in [6.07, 6.45) is 1.78. The van der Waals surface area contributed by atoms with Gasteiger partial charge in [-0.05, 0) is 30.8 Å². The van der Waals surface area contributed by atoms with Crippen molar-refractivity contribution < 1.29 is 4.42 Å². The molecule has 0 atom stereocenters. The minimum atomic E-state index is 0.504. The van der Waals surface area contributed by atoms with Crippen molar-refractivity contribution in [1.82, 2.24) is 20.1 Å². The highest BCUT2D eigenvalue weighted by Crippen LogP contribution is 2.29. The molecular weight excluding hydrogens is 388 g/mol. The molecule has 0 unspecified atom stereocenters. The number of aromatic nitrogens is 3. The van der Waals surface area contributed by atoms with Gasteiger partial charge in [-0.3, -0.25) is 4.98 Å². The smallest absolute Gasteiger partial charge is 0.318 e. The lowest BCUT2D eigenvalue weighted by Crippen LogP contribution is -2.45. The second-order valence-corrected chi connectivity index (χ2v) is 8.04. The Labute approximate surface area is 181 Å². The van der Waals surface area contributed by atoms with E-state index in [4.69, 9.17) is 4.42 Å². The molecular formula is C24H26N6O. The molecule has 2 aromatic carbocycles. The number of likely N-dealkylation sites (N-methyl/N-ethyl adjacent to an activating group) is 1. The topological polar surface area (TPSA) is 61.5 Å². The SMILES string of the molecule is CN1CCN(c2ccccc2CN(C)c2nnc(-c3ccnc4ccccc34)o2)CC1. The van der Waals surface area contributed by atoms with E-state index < -0.39 is 0 Å². The molecule has 1 saturated heterocycles. The molecule has 3 heterocycles. The Morgan fingerprint density at radius 1 is 0.935 bits per heavy atom. The molecule has 1 aliphatic rings. The third kappa shape index (κ3) is 3.96. The number of benzene rings is 2. The highest BCUT2D eigenvalue weighted by molar-refractivity contribution is 5.91. The van der Waals surface area contributed by atoms with Gasteiger partial charge in [0.25, 0.3) is 0 Å². The number of rotatable bonds is 5. The summed E-state index contributed by atoms with van der Waals surface area (Å²) in [5, 5.41) is 9.64. The van der Waals surface area contributed by atoms with Crippen LogP contribution in [0.1, 0.15) is 5.56 Å². The van der Waals surface area contributed by atoms with Crippen molar-refractivity contribution in [2.75, 3.05) is 50.1 Å². The highest BCUT2D eigenvalue weighted by atomic mass is 16.4. The number of para-hydroxylation sites is 2. The summed E-state index contributed by atoms with van der Waals surface area (Å²) in [6, 6.07) is 19.0. The Morgan fingerprint density at radius 3 is 2.58 bits per heavy atom. The number of piperazine rings is 1. The molecule has 158 valence electrons. The number of anilines is 2. The first kappa shape index (κ1) is 19.5. The molecule has 0 saturated carbocycles. The van der Waals surface area contributed by atoms with Gasteiger partial charge in [0, 0.05) is 62.6 Å². The second-order valence-electron chi connectivity index (χ2n) is 8.04. The van der Waals surface area contributed by atoms with Gasteiger partial charge in [0.2, 0.25) is 5.89 Å². The lowest BCUT2D eigenvalue weighted by molar-refractivity contribution is 0.312. The summed E-state index contributed by atoms with van der Waals surface area (Å²) in [7, 11) is 4.17. The van der Waals surface area contributed by atoms with E-state index in [1.807, 2.05) is 42.3 Å². The average molecular weight is 415 g/mol. The lowest BCUT2D eigenvalue weighted by atomic mass is 10.1. The number of hydrogen-bond donors (Lipinski definition) is 0. The van der Waals surface area contributed by atoms with E-state index in [0.717, 1.165) is 42.6 Å². The van der Waals surface area contributed by atoms with Crippen LogP contribution in [-0.2, 0) is 6.54 Å². The largest absolute Gasteiger partial charge is 0.403 e. The third-order valence-electron chi connectivity index (χ3n) is 5.86. The van der Waals surface area contributed by atoms with E-state index >= 15 is 0 Å². The zero-order chi connectivity index (χ0) is 21.2. The standard InChI is InChI=1S/C24H26N6O/c1-28-13-15-30(16-14-28)22-10-6-3-7-18(22)17-29(2)24-27-26-23(31-24)20-11-12-25-21-9-5-4-8-19(20)21/h3-12H,13-17H2,1-2H3. The van der Waals surface area contributed by atoms with Crippen molar-refractivity contribution in [2.45, 2.75) is 6.54 Å². The van der Waals surface area contributed by atoms with Gasteiger partial charge in [-0.1, -0.05) is 41.5 Å². The predicted molar refractivity (Wildman–Crippen MR) is 123 cm³/mol. The summed E-state index contributed by atoms with van der Waals surface area (Å²) in [4.78, 5) is 11.3. The number of pyridine rings is 1. The van der Waals surface area contributed by atoms with Crippen LogP contribution in [0.25, 0.3) is 22.4 Å². The molecule has 5 rings (SSSR count). The maximum absolute atomic E-state index is 6.07. The van der Waals surface area contributed by atoms with Crippen molar-refractivity contribution in [3.05, 3.63) is 66.4 Å². The fourth-order valence-corrected chi connectivity index (χ4v) is 4.08. The Balaban J connectivity index is 1.38. The van der Waals surface area contributed by atoms with Crippen LogP contribution in [-0.4, -0.2) is 60.4 Å². The first-order valence-corrected chi connectivity index (χ1v) is 10.6. The Kier molecular flexibility index (Phi) is 5.26. The predicted octanol–water partition coefficient (Wildman–Crippen LogP) is 3.67. The Hall–Kier alpha value is -3.45. The van der Waals surface area contributed by atoms with Gasteiger partial charge >= 0.3 is 6.01 Å². The molecule has 0 N–H and O–H groups in total. The lowest BCUT2D eigenvalue weighted by Gasteiger charge is -2.35. The molecule has 0 amide bonds. The van der Waals surface area contributed by atoms with Crippen LogP contribution >= 0.6 is 0 Å². The highest BCUT2D eigenvalue weighted by Gasteiger charge is 2.19. The van der Waals surface area contributed by atoms with Gasteiger partial charge in [-0.2, -0.15) is 0 Å². The van der Waals surface area contributed by atoms with Crippen molar-refractivity contribution in [3.8, 4) is 11.5 Å². The zero-order valence-electron chi connectivity index (χ0n) is 17.9. The van der Waals surface area contributed by atoms with Crippen LogP contribution in [0, 0.1) is 0 Å². The summed E-state index contributed by atoms with van der Waals surface area (Å²) in [5.74, 6) is 0.507. The zero-order valence-corrected chi connectivity index (χ0v) is 17.9. The minimum absolute atomic E-state index is 0.504. The quantitative estimate of drug-likeness (QED) is 0.494. The van der Waals surface area contributed by atoms with Crippen molar-refractivity contribution >= 4 is 22.6 Å². The van der Waals surface area contributed by atoms with Crippen LogP contribution in [0.5, 0.6) is 0 Å². The minimum Gasteiger partial charge on any atom is -0.403 e. The second kappa shape index (κ2) is 8.35. The molecule has 7 nitrogen and oxygen atoms in total. The van der Waals surface area contributed by atoms with Crippen molar-refractivity contribution in [3.63, 3.8) is 0 Å². The van der Waals surface area contributed by atoms with E-state index in [1.165, 1.54) is 11.3 Å². The number of hydrogen-bond acceptors (Lipinski definition) is 7. The van der Waals surface area contributed by atoms with E-state index in [-0.39, 0.29) is 0 Å². The maximum Gasteiger partial charge on any atom is 0.318 e. The van der Waals surface area contributed by atoms with E-state index in [2.05, 4.69) is 56.3 Å². The maximum atomic E-state index is 6.07. The van der Waals surface area contributed by atoms with Gasteiger partial charge in [-0.15, -0.1) is 5.10 Å². The number of fused-ring (bicyclic) bond motifs is 1. The van der Waals surface area contributed by atoms with Gasteiger partial charge < -0.3 is 19.1 Å². The first-order chi connectivity index (χ1) is 15.2. The van der Waals surface area contributed by atoms with Crippen LogP contribution in [0.2, 0.25) is 0 Å². The molecule has 0 spiro atoms. The molecule has 4 aromatic rings. The fourth-order valence-electron chi connectivity index (χ4n) is 4.08. The molecule has 0 aliphatic carbocycles. The van der Waals surface area contributed by atoms with E-state index in [9.17, 15) is 0 Å². The normalized spacial score (nSPS) is 14.8. The fraction of sp³-hybridized carbons (Fsp3) is 0.292. The van der Waals surface area contributed by atoms with Gasteiger partial charge in [0.15, 0.2) is 0 Å². The Morgan fingerprint density at radius 2 is 1.71 bits per heavy atom. The summed E-state index contributed by atoms with van der Waals surface area (Å²) in [6.45, 7) is 4.93. The van der Waals surface area contributed by atoms with Crippen LogP contribution in [0.15, 0.2) is 65.2 Å². The van der Waals surface area contributed by atoms with Crippen LogP contribution in [0.4, 0.5) is 11.7 Å². The monoisotopic (exact) mass is 414 g/mol. The summed E-state index contributed by atoms with van der Waals surface area (Å²) >= 11 is 0. The first-order valence-electron chi connectivity index (χ1n) is 10.6. The molecule has 2 aromatic heterocycles. The third-order valence-corrected chi connectivity index (χ3v) is 5.86. The van der Waals surface area contributed by atoms with Gasteiger partial charge in [0.05, 0.1) is 5.52 Å². The van der Waals surface area contributed by atoms with Crippen LogP contribution in [0.3, 0.4) is 0 Å². The average Bonchev–Trinajstić information content (AvgIpc) is 3.30. The summed E-state index contributed by atoms with van der Waals surface area (Å²) < 4.78 is 6.07. The molecule has 1 fully saturated rings. The summed E-state index contributed by atoms with van der Waals surface area (Å²) in [5.41, 5.74) is 4.34. The van der Waals surface area contributed by atoms with Gasteiger partial charge in [-0.25, -0.2) is 0 Å². The van der Waals surface area contributed by atoms with Crippen LogP contribution < -0.4 is 9.80 Å². The van der Waals surface area contributed by atoms with Crippen molar-refractivity contribution in [2.24, 2.45) is 0 Å². The Bertz CT molecular complexity index is 1180. The molecule has 0 radical (unpaired) electrons. The molecule has 0 bridgehead atoms. The van der Waals surface area contributed by atoms with E-state index in [0.29, 0.717) is 18.5 Å². The van der Waals surface area contributed by atoms with E-state index in [1.54, 1.807) is 6.20 Å². The van der Waals surface area contributed by atoms with Crippen molar-refractivity contribution in [1.29, 1.82) is 0 Å². The van der Waals surface area contributed by atoms with Gasteiger partial charge in [0.1, 0.15) is 0 Å². The molecule has 7 heteroatoms. The molecule has 1 aliphatic heterocycles. The number of nitrogens with zero attached hydrogens (tertiary/aromatic N) is 6. The molecule has 31 heavy (non-hydrogen) atoms.